The Morgan fingerprint density at radius 1 is 1.32 bits per heavy atom. The van der Waals surface area contributed by atoms with E-state index in [0.717, 1.165) is 22.2 Å². The lowest BCUT2D eigenvalue weighted by molar-refractivity contribution is 0.318. The Balaban J connectivity index is 0.00000225. The number of aryl methyl sites for hydroxylation is 1. The minimum Gasteiger partial charge on any atom is -0.504 e. The maximum Gasteiger partial charge on any atom is 0.161 e. The lowest BCUT2D eigenvalue weighted by Crippen LogP contribution is -1.92. The smallest absolute Gasteiger partial charge is 0.161 e. The molecule has 5 nitrogen and oxygen atoms in total. The molecule has 0 atom stereocenters. The van der Waals surface area contributed by atoms with Crippen molar-refractivity contribution in [3.63, 3.8) is 0 Å². The van der Waals surface area contributed by atoms with Gasteiger partial charge < -0.3 is 14.8 Å². The third-order valence-corrected chi connectivity index (χ3v) is 3.61. The largest absolute Gasteiger partial charge is 0.504 e. The number of nitrogens with one attached hydrogen (secondary N) is 1. The topological polar surface area (TPSA) is 81.9 Å². The highest BCUT2D eigenvalue weighted by Crippen LogP contribution is 2.28. The standard InChI is InChI=1S/C19H17N3O2.ClH/c1-3-24-18-10-13(5-7-17(18)23)9-14(11-20)19-21-15-6-4-12(2)8-16(15)22-19;/h4-10,23H,3H2,1-2H3,(H,21,22);1H/b14-9+;. The van der Waals surface area contributed by atoms with Gasteiger partial charge in [0.1, 0.15) is 11.9 Å². The van der Waals surface area contributed by atoms with Crippen molar-refractivity contribution >= 4 is 35.1 Å². The van der Waals surface area contributed by atoms with E-state index in [-0.39, 0.29) is 18.2 Å². The van der Waals surface area contributed by atoms with Gasteiger partial charge in [-0.25, -0.2) is 4.98 Å². The quantitative estimate of drug-likeness (QED) is 0.677. The van der Waals surface area contributed by atoms with E-state index >= 15 is 0 Å². The average molecular weight is 356 g/mol. The van der Waals surface area contributed by atoms with E-state index in [9.17, 15) is 10.4 Å². The van der Waals surface area contributed by atoms with Crippen LogP contribution in [0.3, 0.4) is 0 Å². The molecule has 2 N–H and O–H groups in total. The third kappa shape index (κ3) is 3.93. The molecule has 0 aliphatic carbocycles. The number of hydrogen-bond acceptors (Lipinski definition) is 4. The van der Waals surface area contributed by atoms with Gasteiger partial charge in [0.05, 0.1) is 23.2 Å². The normalized spacial score (nSPS) is 11.0. The third-order valence-electron chi connectivity index (χ3n) is 3.61. The maximum absolute atomic E-state index is 9.77. The van der Waals surface area contributed by atoms with Crippen LogP contribution in [0.1, 0.15) is 23.9 Å². The molecule has 0 bridgehead atoms. The Labute approximate surface area is 152 Å². The molecule has 0 radical (unpaired) electrons. The SMILES string of the molecule is CCOc1cc(/C=C(\C#N)c2nc3ccc(C)cc3[nH]2)ccc1O.Cl. The predicted molar refractivity (Wildman–Crippen MR) is 101 cm³/mol. The number of H-pyrrole nitrogens is 1. The fourth-order valence-electron chi connectivity index (χ4n) is 2.46. The number of nitrogens with zero attached hydrogens (tertiary/aromatic N) is 2. The van der Waals surface area contributed by atoms with Crippen LogP contribution < -0.4 is 4.74 Å². The molecule has 0 amide bonds. The highest BCUT2D eigenvalue weighted by atomic mass is 35.5. The summed E-state index contributed by atoms with van der Waals surface area (Å²) in [5.74, 6) is 0.986. The van der Waals surface area contributed by atoms with Crippen molar-refractivity contribution in [2.75, 3.05) is 6.61 Å². The molecule has 0 saturated carbocycles. The van der Waals surface area contributed by atoms with Crippen LogP contribution in [0.4, 0.5) is 0 Å². The number of ether oxygens (including phenoxy) is 1. The van der Waals surface area contributed by atoms with Crippen molar-refractivity contribution in [3.8, 4) is 17.6 Å². The van der Waals surface area contributed by atoms with Crippen molar-refractivity contribution in [2.45, 2.75) is 13.8 Å². The van der Waals surface area contributed by atoms with Crippen LogP contribution >= 0.6 is 12.4 Å². The molecule has 0 aliphatic heterocycles. The van der Waals surface area contributed by atoms with Crippen molar-refractivity contribution in [3.05, 3.63) is 53.3 Å². The maximum atomic E-state index is 9.77. The summed E-state index contributed by atoms with van der Waals surface area (Å²) in [4.78, 5) is 7.65. The van der Waals surface area contributed by atoms with Crippen LogP contribution in [0, 0.1) is 18.3 Å². The Morgan fingerprint density at radius 2 is 2.12 bits per heavy atom. The molecule has 6 heteroatoms. The number of aromatic nitrogens is 2. The fraction of sp³-hybridized carbons (Fsp3) is 0.158. The van der Waals surface area contributed by atoms with Crippen molar-refractivity contribution in [2.24, 2.45) is 0 Å². The van der Waals surface area contributed by atoms with Crippen LogP contribution in [0.25, 0.3) is 22.7 Å². The second kappa shape index (κ2) is 7.73. The molecule has 0 unspecified atom stereocenters. The van der Waals surface area contributed by atoms with Crippen molar-refractivity contribution < 1.29 is 9.84 Å². The summed E-state index contributed by atoms with van der Waals surface area (Å²) in [6, 6.07) is 13.0. The number of fused-ring (bicyclic) bond motifs is 1. The number of rotatable bonds is 4. The minimum atomic E-state index is 0. The molecule has 0 saturated heterocycles. The number of benzene rings is 2. The zero-order valence-corrected chi connectivity index (χ0v) is 14.7. The van der Waals surface area contributed by atoms with E-state index in [1.165, 1.54) is 0 Å². The zero-order valence-electron chi connectivity index (χ0n) is 13.9. The predicted octanol–water partition coefficient (Wildman–Crippen LogP) is 4.46. The first-order valence-electron chi connectivity index (χ1n) is 7.65. The van der Waals surface area contributed by atoms with E-state index in [0.29, 0.717) is 23.8 Å². The first-order valence-corrected chi connectivity index (χ1v) is 7.65. The van der Waals surface area contributed by atoms with Crippen LogP contribution in [0.2, 0.25) is 0 Å². The van der Waals surface area contributed by atoms with Crippen LogP contribution in [0.5, 0.6) is 11.5 Å². The summed E-state index contributed by atoms with van der Waals surface area (Å²) in [5, 5.41) is 19.3. The van der Waals surface area contributed by atoms with E-state index in [2.05, 4.69) is 16.0 Å². The van der Waals surface area contributed by atoms with Gasteiger partial charge in [0.25, 0.3) is 0 Å². The Morgan fingerprint density at radius 3 is 2.84 bits per heavy atom. The highest BCUT2D eigenvalue weighted by molar-refractivity contribution is 5.90. The monoisotopic (exact) mass is 355 g/mol. The summed E-state index contributed by atoms with van der Waals surface area (Å²) in [6.07, 6.45) is 1.71. The van der Waals surface area contributed by atoms with E-state index in [4.69, 9.17) is 4.74 Å². The second-order valence-electron chi connectivity index (χ2n) is 5.44. The van der Waals surface area contributed by atoms with Crippen LogP contribution in [0.15, 0.2) is 36.4 Å². The van der Waals surface area contributed by atoms with Gasteiger partial charge in [-0.15, -0.1) is 12.4 Å². The van der Waals surface area contributed by atoms with Crippen molar-refractivity contribution in [1.82, 2.24) is 9.97 Å². The van der Waals surface area contributed by atoms with E-state index in [1.54, 1.807) is 24.3 Å². The van der Waals surface area contributed by atoms with Crippen LogP contribution in [-0.4, -0.2) is 21.7 Å². The molecule has 128 valence electrons. The zero-order chi connectivity index (χ0) is 17.1. The summed E-state index contributed by atoms with van der Waals surface area (Å²) in [5.41, 5.74) is 4.01. The van der Waals surface area contributed by atoms with Crippen LogP contribution in [-0.2, 0) is 0 Å². The molecule has 0 fully saturated rings. The number of nitriles is 1. The number of halogens is 1. The van der Waals surface area contributed by atoms with Gasteiger partial charge in [-0.2, -0.15) is 5.26 Å². The van der Waals surface area contributed by atoms with Gasteiger partial charge in [0, 0.05) is 0 Å². The molecule has 1 aromatic heterocycles. The number of imidazole rings is 1. The van der Waals surface area contributed by atoms with Gasteiger partial charge in [-0.3, -0.25) is 0 Å². The molecule has 1 heterocycles. The summed E-state index contributed by atoms with van der Waals surface area (Å²) >= 11 is 0. The minimum absolute atomic E-state index is 0. The van der Waals surface area contributed by atoms with Crippen molar-refractivity contribution in [1.29, 1.82) is 5.26 Å². The summed E-state index contributed by atoms with van der Waals surface area (Å²) in [7, 11) is 0. The first kappa shape index (κ1) is 18.4. The van der Waals surface area contributed by atoms with Gasteiger partial charge >= 0.3 is 0 Å². The molecular weight excluding hydrogens is 338 g/mol. The lowest BCUT2D eigenvalue weighted by Gasteiger charge is -2.06. The molecule has 25 heavy (non-hydrogen) atoms. The van der Waals surface area contributed by atoms with Gasteiger partial charge in [-0.1, -0.05) is 12.1 Å². The molecule has 0 spiro atoms. The van der Waals surface area contributed by atoms with E-state index < -0.39 is 0 Å². The first-order chi connectivity index (χ1) is 11.6. The number of aromatic amines is 1. The number of allylic oxidation sites excluding steroid dienone is 1. The second-order valence-corrected chi connectivity index (χ2v) is 5.44. The van der Waals surface area contributed by atoms with E-state index in [1.807, 2.05) is 32.0 Å². The lowest BCUT2D eigenvalue weighted by atomic mass is 10.1. The molecule has 2 aromatic carbocycles. The molecule has 3 aromatic rings. The van der Waals surface area contributed by atoms with Gasteiger partial charge in [0.15, 0.2) is 11.5 Å². The highest BCUT2D eigenvalue weighted by Gasteiger charge is 2.09. The molecular formula is C19H18ClN3O2. The number of phenolic OH excluding ortho intramolecular Hbond substituents is 1. The number of hydrogen-bond donors (Lipinski definition) is 2. The summed E-state index contributed by atoms with van der Waals surface area (Å²) in [6.45, 7) is 4.31. The van der Waals surface area contributed by atoms with Gasteiger partial charge in [-0.05, 0) is 55.3 Å². The molecule has 3 rings (SSSR count). The number of aromatic hydroxyl groups is 1. The summed E-state index contributed by atoms with van der Waals surface area (Å²) < 4.78 is 5.37. The molecule has 0 aliphatic rings. The number of phenols is 1. The average Bonchev–Trinajstić information content (AvgIpc) is 2.98. The fourth-order valence-corrected chi connectivity index (χ4v) is 2.46. The Hall–Kier alpha value is -2.97. The Kier molecular flexibility index (Phi) is 5.68. The Bertz CT molecular complexity index is 970. The van der Waals surface area contributed by atoms with Gasteiger partial charge in [0.2, 0.25) is 0 Å².